The normalized spacial score (nSPS) is 11.5. The van der Waals surface area contributed by atoms with Crippen LogP contribution in [0, 0.1) is 5.92 Å². The summed E-state index contributed by atoms with van der Waals surface area (Å²) in [5, 5.41) is 3.43. The van der Waals surface area contributed by atoms with Crippen LogP contribution in [0.25, 0.3) is 22.6 Å². The zero-order valence-corrected chi connectivity index (χ0v) is 16.2. The monoisotopic (exact) mass is 370 g/mol. The number of benzene rings is 2. The average molecular weight is 371 g/mol. The molecule has 0 bridgehead atoms. The van der Waals surface area contributed by atoms with Gasteiger partial charge in [-0.25, -0.2) is 4.98 Å². The number of oxazole rings is 1. The van der Waals surface area contributed by atoms with Gasteiger partial charge in [0.1, 0.15) is 5.52 Å². The average Bonchev–Trinajstić information content (AvgIpc) is 2.98. The van der Waals surface area contributed by atoms with Gasteiger partial charge in [-0.3, -0.25) is 4.79 Å². The van der Waals surface area contributed by atoms with Crippen LogP contribution in [0.3, 0.4) is 0 Å². The van der Waals surface area contributed by atoms with Crippen LogP contribution >= 0.6 is 11.6 Å². The molecule has 5 heteroatoms. The van der Waals surface area contributed by atoms with Crippen molar-refractivity contribution in [2.75, 3.05) is 5.32 Å². The maximum atomic E-state index is 12.0. The summed E-state index contributed by atoms with van der Waals surface area (Å²) in [5.74, 6) is 1.15. The van der Waals surface area contributed by atoms with E-state index in [-0.39, 0.29) is 5.91 Å². The van der Waals surface area contributed by atoms with Gasteiger partial charge in [0.15, 0.2) is 5.58 Å². The predicted octanol–water partition coefficient (Wildman–Crippen LogP) is 6.26. The van der Waals surface area contributed by atoms with Crippen molar-refractivity contribution in [3.63, 3.8) is 0 Å². The second kappa shape index (κ2) is 7.50. The number of hydrogen-bond acceptors (Lipinski definition) is 3. The summed E-state index contributed by atoms with van der Waals surface area (Å²) in [5.41, 5.74) is 4.07. The lowest BCUT2D eigenvalue weighted by Crippen LogP contribution is -2.13. The van der Waals surface area contributed by atoms with Crippen molar-refractivity contribution in [2.45, 2.75) is 40.0 Å². The van der Waals surface area contributed by atoms with Crippen LogP contribution in [0.1, 0.15) is 45.6 Å². The molecule has 0 spiro atoms. The molecule has 0 aliphatic rings. The number of rotatable bonds is 5. The molecule has 0 unspecified atom stereocenters. The van der Waals surface area contributed by atoms with Crippen molar-refractivity contribution >= 4 is 34.3 Å². The molecule has 0 atom stereocenters. The second-order valence-electron chi connectivity index (χ2n) is 7.24. The van der Waals surface area contributed by atoms with Crippen LogP contribution in [-0.2, 0) is 4.79 Å². The number of halogens is 1. The van der Waals surface area contributed by atoms with Gasteiger partial charge < -0.3 is 9.73 Å². The van der Waals surface area contributed by atoms with Gasteiger partial charge in [0, 0.05) is 12.1 Å². The number of carbonyl (C=O) groups excluding carboxylic acids is 1. The van der Waals surface area contributed by atoms with Gasteiger partial charge in [0.05, 0.1) is 10.6 Å². The summed E-state index contributed by atoms with van der Waals surface area (Å²) < 4.78 is 5.89. The van der Waals surface area contributed by atoms with E-state index in [2.05, 4.69) is 24.1 Å². The maximum absolute atomic E-state index is 12.0. The van der Waals surface area contributed by atoms with Crippen molar-refractivity contribution < 1.29 is 9.21 Å². The molecule has 0 fully saturated rings. The first kappa shape index (κ1) is 18.5. The van der Waals surface area contributed by atoms with Gasteiger partial charge in [-0.05, 0) is 47.7 Å². The van der Waals surface area contributed by atoms with Gasteiger partial charge in [-0.2, -0.15) is 0 Å². The molecule has 26 heavy (non-hydrogen) atoms. The van der Waals surface area contributed by atoms with E-state index in [9.17, 15) is 4.79 Å². The highest BCUT2D eigenvalue weighted by Crippen LogP contribution is 2.33. The number of nitrogens with one attached hydrogen (secondary N) is 1. The standard InChI is InChI=1S/C21H23ClN2O2/c1-12(2)9-20(25)23-15-6-7-17(22)16(11-15)21-24-18-10-14(13(3)4)5-8-19(18)26-21/h5-8,10-13H,9H2,1-4H3,(H,23,25). The second-order valence-corrected chi connectivity index (χ2v) is 7.65. The summed E-state index contributed by atoms with van der Waals surface area (Å²) in [6.07, 6.45) is 0.471. The molecule has 136 valence electrons. The highest BCUT2D eigenvalue weighted by Gasteiger charge is 2.14. The Bertz CT molecular complexity index is 944. The van der Waals surface area contributed by atoms with E-state index in [0.29, 0.717) is 40.4 Å². The number of fused-ring (bicyclic) bond motifs is 1. The molecule has 1 N–H and O–H groups in total. The Morgan fingerprint density at radius 2 is 1.92 bits per heavy atom. The smallest absolute Gasteiger partial charge is 0.228 e. The summed E-state index contributed by atoms with van der Waals surface area (Å²) in [6.45, 7) is 8.30. The highest BCUT2D eigenvalue weighted by molar-refractivity contribution is 6.33. The third kappa shape index (κ3) is 4.07. The Labute approximate surface area is 158 Å². The predicted molar refractivity (Wildman–Crippen MR) is 107 cm³/mol. The van der Waals surface area contributed by atoms with Gasteiger partial charge in [0.2, 0.25) is 11.8 Å². The first-order chi connectivity index (χ1) is 12.3. The minimum atomic E-state index is -0.0209. The topological polar surface area (TPSA) is 55.1 Å². The van der Waals surface area contributed by atoms with Crippen LogP contribution in [0.15, 0.2) is 40.8 Å². The van der Waals surface area contributed by atoms with Crippen molar-refractivity contribution in [3.05, 3.63) is 47.0 Å². The molecule has 3 rings (SSSR count). The molecular formula is C21H23ClN2O2. The fourth-order valence-electron chi connectivity index (χ4n) is 2.77. The lowest BCUT2D eigenvalue weighted by molar-refractivity contribution is -0.116. The van der Waals surface area contributed by atoms with E-state index in [1.165, 1.54) is 5.56 Å². The quantitative estimate of drug-likeness (QED) is 0.576. The Kier molecular flexibility index (Phi) is 5.33. The van der Waals surface area contributed by atoms with Crippen LogP contribution in [0.2, 0.25) is 5.02 Å². The van der Waals surface area contributed by atoms with Gasteiger partial charge in [0.25, 0.3) is 0 Å². The summed E-state index contributed by atoms with van der Waals surface area (Å²) in [6, 6.07) is 11.3. The van der Waals surface area contributed by atoms with Crippen LogP contribution in [0.5, 0.6) is 0 Å². The number of nitrogens with zero attached hydrogens (tertiary/aromatic N) is 1. The Hall–Kier alpha value is -2.33. The van der Waals surface area contributed by atoms with E-state index >= 15 is 0 Å². The van der Waals surface area contributed by atoms with Gasteiger partial charge in [-0.15, -0.1) is 0 Å². The lowest BCUT2D eigenvalue weighted by atomic mass is 10.0. The molecule has 0 radical (unpaired) electrons. The lowest BCUT2D eigenvalue weighted by Gasteiger charge is -2.09. The number of hydrogen-bond donors (Lipinski definition) is 1. The van der Waals surface area contributed by atoms with E-state index in [1.807, 2.05) is 32.0 Å². The zero-order chi connectivity index (χ0) is 18.8. The Morgan fingerprint density at radius 1 is 1.15 bits per heavy atom. The first-order valence-corrected chi connectivity index (χ1v) is 9.21. The Balaban J connectivity index is 1.94. The number of anilines is 1. The first-order valence-electron chi connectivity index (χ1n) is 8.83. The maximum Gasteiger partial charge on any atom is 0.228 e. The summed E-state index contributed by atoms with van der Waals surface area (Å²) in [4.78, 5) is 16.6. The minimum absolute atomic E-state index is 0.0209. The van der Waals surface area contributed by atoms with Crippen molar-refractivity contribution in [3.8, 4) is 11.5 Å². The van der Waals surface area contributed by atoms with Crippen molar-refractivity contribution in [1.82, 2.24) is 4.98 Å². The van der Waals surface area contributed by atoms with Crippen LogP contribution in [0.4, 0.5) is 5.69 Å². The molecule has 0 saturated heterocycles. The molecule has 0 saturated carbocycles. The minimum Gasteiger partial charge on any atom is -0.436 e. The van der Waals surface area contributed by atoms with Crippen LogP contribution < -0.4 is 5.32 Å². The van der Waals surface area contributed by atoms with Crippen LogP contribution in [-0.4, -0.2) is 10.9 Å². The Morgan fingerprint density at radius 3 is 2.62 bits per heavy atom. The van der Waals surface area contributed by atoms with Gasteiger partial charge in [-0.1, -0.05) is 45.4 Å². The molecule has 1 heterocycles. The molecule has 3 aromatic rings. The van der Waals surface area contributed by atoms with E-state index in [4.69, 9.17) is 16.0 Å². The van der Waals surface area contributed by atoms with E-state index in [1.54, 1.807) is 18.2 Å². The third-order valence-corrected chi connectivity index (χ3v) is 4.48. The molecule has 0 aliphatic heterocycles. The molecular weight excluding hydrogens is 348 g/mol. The summed E-state index contributed by atoms with van der Waals surface area (Å²) in [7, 11) is 0. The fourth-order valence-corrected chi connectivity index (χ4v) is 2.97. The molecule has 2 aromatic carbocycles. The zero-order valence-electron chi connectivity index (χ0n) is 15.5. The van der Waals surface area contributed by atoms with E-state index in [0.717, 1.165) is 11.1 Å². The molecule has 1 amide bonds. The van der Waals surface area contributed by atoms with Crippen molar-refractivity contribution in [2.24, 2.45) is 5.92 Å². The number of aromatic nitrogens is 1. The largest absolute Gasteiger partial charge is 0.436 e. The molecule has 0 aliphatic carbocycles. The van der Waals surface area contributed by atoms with E-state index < -0.39 is 0 Å². The number of amides is 1. The molecule has 4 nitrogen and oxygen atoms in total. The van der Waals surface area contributed by atoms with Crippen molar-refractivity contribution in [1.29, 1.82) is 0 Å². The number of carbonyl (C=O) groups is 1. The van der Waals surface area contributed by atoms with Gasteiger partial charge >= 0.3 is 0 Å². The molecule has 1 aromatic heterocycles. The third-order valence-electron chi connectivity index (χ3n) is 4.15. The SMILES string of the molecule is CC(C)CC(=O)Nc1ccc(Cl)c(-c2nc3cc(C(C)C)ccc3o2)c1. The highest BCUT2D eigenvalue weighted by atomic mass is 35.5. The fraction of sp³-hybridized carbons (Fsp3) is 0.333. The summed E-state index contributed by atoms with van der Waals surface area (Å²) >= 11 is 6.35.